The molecule has 26 heavy (non-hydrogen) atoms. The summed E-state index contributed by atoms with van der Waals surface area (Å²) in [7, 11) is 1.86. The highest BCUT2D eigenvalue weighted by atomic mass is 32.2. The van der Waals surface area contributed by atoms with E-state index >= 15 is 0 Å². The van der Waals surface area contributed by atoms with Crippen molar-refractivity contribution in [1.82, 2.24) is 29.6 Å². The van der Waals surface area contributed by atoms with Gasteiger partial charge >= 0.3 is 0 Å². The van der Waals surface area contributed by atoms with E-state index in [1.165, 1.54) is 11.8 Å². The van der Waals surface area contributed by atoms with Gasteiger partial charge in [0, 0.05) is 26.0 Å². The Hall–Kier alpha value is -2.61. The number of thioether (sulfide) groups is 1. The summed E-state index contributed by atoms with van der Waals surface area (Å²) in [6, 6.07) is 10.00. The number of amides is 1. The minimum atomic E-state index is -0.0504. The number of nitrogens with zero attached hydrogens (tertiary/aromatic N) is 5. The first kappa shape index (κ1) is 18.2. The van der Waals surface area contributed by atoms with Crippen molar-refractivity contribution in [2.24, 2.45) is 7.05 Å². The van der Waals surface area contributed by atoms with Gasteiger partial charge in [-0.15, -0.1) is 10.2 Å². The topological polar surface area (TPSA) is 77.6 Å². The highest BCUT2D eigenvalue weighted by molar-refractivity contribution is 7.99. The third-order valence-corrected chi connectivity index (χ3v) is 5.16. The van der Waals surface area contributed by atoms with Crippen LogP contribution < -0.4 is 5.32 Å². The molecule has 0 aliphatic carbocycles. The predicted octanol–water partition coefficient (Wildman–Crippen LogP) is 2.36. The van der Waals surface area contributed by atoms with Crippen molar-refractivity contribution in [3.05, 3.63) is 60.4 Å². The third kappa shape index (κ3) is 4.72. The number of aromatic nitrogens is 5. The fraction of sp³-hybridized carbons (Fsp3) is 0.333. The van der Waals surface area contributed by atoms with E-state index in [0.717, 1.165) is 29.5 Å². The van der Waals surface area contributed by atoms with Crippen molar-refractivity contribution in [1.29, 1.82) is 0 Å². The van der Waals surface area contributed by atoms with E-state index < -0.39 is 0 Å². The third-order valence-electron chi connectivity index (χ3n) is 4.12. The van der Waals surface area contributed by atoms with Gasteiger partial charge in [-0.05, 0) is 18.9 Å². The molecule has 0 unspecified atom stereocenters. The zero-order valence-corrected chi connectivity index (χ0v) is 15.7. The zero-order chi connectivity index (χ0) is 18.4. The zero-order valence-electron chi connectivity index (χ0n) is 14.9. The van der Waals surface area contributed by atoms with Gasteiger partial charge in [0.15, 0.2) is 5.16 Å². The Morgan fingerprint density at radius 1 is 1.31 bits per heavy atom. The summed E-state index contributed by atoms with van der Waals surface area (Å²) >= 11 is 1.38. The molecule has 1 N–H and O–H groups in total. The molecule has 0 radical (unpaired) electrons. The smallest absolute Gasteiger partial charge is 0.230 e. The summed E-state index contributed by atoms with van der Waals surface area (Å²) in [5.41, 5.74) is 1.10. The lowest BCUT2D eigenvalue weighted by Gasteiger charge is -2.20. The normalized spacial score (nSPS) is 12.1. The molecular weight excluding hydrogens is 348 g/mol. The Balaban J connectivity index is 1.62. The predicted molar refractivity (Wildman–Crippen MR) is 101 cm³/mol. The average molecular weight is 370 g/mol. The number of carbonyl (C=O) groups excluding carboxylic acids is 1. The second-order valence-electron chi connectivity index (χ2n) is 6.00. The Morgan fingerprint density at radius 2 is 2.12 bits per heavy atom. The van der Waals surface area contributed by atoms with E-state index in [1.54, 1.807) is 17.1 Å². The molecular formula is C18H22N6OS. The SMILES string of the molecule is Cc1nccn1CC[C@@H](NC(=O)CSc1nncn1C)c1ccccc1. The summed E-state index contributed by atoms with van der Waals surface area (Å²) in [5, 5.41) is 11.7. The van der Waals surface area contributed by atoms with Crippen LogP contribution in [-0.4, -0.2) is 36.0 Å². The van der Waals surface area contributed by atoms with E-state index in [1.807, 2.05) is 50.5 Å². The van der Waals surface area contributed by atoms with Crippen molar-refractivity contribution in [2.45, 2.75) is 31.1 Å². The highest BCUT2D eigenvalue weighted by Gasteiger charge is 2.16. The van der Waals surface area contributed by atoms with E-state index in [4.69, 9.17) is 0 Å². The maximum Gasteiger partial charge on any atom is 0.230 e. The fourth-order valence-corrected chi connectivity index (χ4v) is 3.38. The average Bonchev–Trinajstić information content (AvgIpc) is 3.25. The first-order chi connectivity index (χ1) is 12.6. The molecule has 136 valence electrons. The Labute approximate surface area is 156 Å². The summed E-state index contributed by atoms with van der Waals surface area (Å²) in [4.78, 5) is 16.7. The minimum absolute atomic E-state index is 0.0193. The lowest BCUT2D eigenvalue weighted by atomic mass is 10.0. The molecule has 1 aromatic carbocycles. The van der Waals surface area contributed by atoms with E-state index in [0.29, 0.717) is 5.75 Å². The second kappa shape index (κ2) is 8.66. The van der Waals surface area contributed by atoms with Crippen LogP contribution in [0.1, 0.15) is 23.9 Å². The van der Waals surface area contributed by atoms with Crippen LogP contribution >= 0.6 is 11.8 Å². The number of nitrogens with one attached hydrogen (secondary N) is 1. The van der Waals surface area contributed by atoms with Gasteiger partial charge in [0.1, 0.15) is 12.2 Å². The van der Waals surface area contributed by atoms with Crippen LogP contribution in [0.2, 0.25) is 0 Å². The van der Waals surface area contributed by atoms with Crippen molar-refractivity contribution in [2.75, 3.05) is 5.75 Å². The second-order valence-corrected chi connectivity index (χ2v) is 6.94. The van der Waals surface area contributed by atoms with Crippen LogP contribution in [0.15, 0.2) is 54.2 Å². The molecule has 3 aromatic rings. The summed E-state index contributed by atoms with van der Waals surface area (Å²) in [6.07, 6.45) is 6.17. The maximum absolute atomic E-state index is 12.5. The summed E-state index contributed by atoms with van der Waals surface area (Å²) in [6.45, 7) is 2.77. The molecule has 2 aromatic heterocycles. The highest BCUT2D eigenvalue weighted by Crippen LogP contribution is 2.19. The molecule has 2 heterocycles. The summed E-state index contributed by atoms with van der Waals surface area (Å²) in [5.74, 6) is 1.26. The number of aryl methyl sites for hydroxylation is 3. The first-order valence-electron chi connectivity index (χ1n) is 8.42. The standard InChI is InChI=1S/C18H22N6OS/c1-14-19-9-11-24(14)10-8-16(15-6-4-3-5-7-15)21-17(25)12-26-18-22-20-13-23(18)2/h3-7,9,11,13,16H,8,10,12H2,1-2H3,(H,21,25)/t16-/m1/s1. The van der Waals surface area contributed by atoms with Crippen molar-refractivity contribution in [3.8, 4) is 0 Å². The van der Waals surface area contributed by atoms with Crippen molar-refractivity contribution < 1.29 is 4.79 Å². The minimum Gasteiger partial charge on any atom is -0.349 e. The summed E-state index contributed by atoms with van der Waals surface area (Å²) < 4.78 is 3.89. The van der Waals surface area contributed by atoms with Crippen molar-refractivity contribution in [3.63, 3.8) is 0 Å². The number of carbonyl (C=O) groups is 1. The first-order valence-corrected chi connectivity index (χ1v) is 9.41. The number of benzene rings is 1. The van der Waals surface area contributed by atoms with Gasteiger partial charge in [-0.2, -0.15) is 0 Å². The molecule has 1 amide bonds. The maximum atomic E-state index is 12.5. The van der Waals surface area contributed by atoms with Crippen LogP contribution in [0.4, 0.5) is 0 Å². The number of imidazole rings is 1. The van der Waals surface area contributed by atoms with Gasteiger partial charge < -0.3 is 14.5 Å². The molecule has 3 rings (SSSR count). The van der Waals surface area contributed by atoms with Gasteiger partial charge in [-0.25, -0.2) is 4.98 Å². The Bertz CT molecular complexity index is 844. The molecule has 1 atom stereocenters. The lowest BCUT2D eigenvalue weighted by Crippen LogP contribution is -2.31. The van der Waals surface area contributed by atoms with Crippen LogP contribution in [0, 0.1) is 6.92 Å². The molecule has 0 saturated heterocycles. The van der Waals surface area contributed by atoms with Gasteiger partial charge in [0.05, 0.1) is 11.8 Å². The monoisotopic (exact) mass is 370 g/mol. The van der Waals surface area contributed by atoms with Crippen LogP contribution in [-0.2, 0) is 18.4 Å². The molecule has 0 spiro atoms. The quantitative estimate of drug-likeness (QED) is 0.616. The van der Waals surface area contributed by atoms with E-state index in [2.05, 4.69) is 25.1 Å². The van der Waals surface area contributed by atoms with Gasteiger partial charge in [0.25, 0.3) is 0 Å². The molecule has 0 aliphatic heterocycles. The van der Waals surface area contributed by atoms with Gasteiger partial charge in [-0.1, -0.05) is 42.1 Å². The molecule has 8 heteroatoms. The van der Waals surface area contributed by atoms with E-state index in [-0.39, 0.29) is 11.9 Å². The number of hydrogen-bond acceptors (Lipinski definition) is 5. The van der Waals surface area contributed by atoms with Crippen LogP contribution in [0.5, 0.6) is 0 Å². The number of hydrogen-bond donors (Lipinski definition) is 1. The van der Waals surface area contributed by atoms with Gasteiger partial charge in [-0.3, -0.25) is 4.79 Å². The van der Waals surface area contributed by atoms with Crippen molar-refractivity contribution >= 4 is 17.7 Å². The lowest BCUT2D eigenvalue weighted by molar-refractivity contribution is -0.119. The molecule has 7 nitrogen and oxygen atoms in total. The molecule has 0 saturated carbocycles. The van der Waals surface area contributed by atoms with Crippen LogP contribution in [0.25, 0.3) is 0 Å². The fourth-order valence-electron chi connectivity index (χ4n) is 2.69. The molecule has 0 bridgehead atoms. The molecule has 0 fully saturated rings. The van der Waals surface area contributed by atoms with Gasteiger partial charge in [0.2, 0.25) is 5.91 Å². The molecule has 0 aliphatic rings. The Kier molecular flexibility index (Phi) is 6.06. The number of rotatable bonds is 8. The van der Waals surface area contributed by atoms with Crippen LogP contribution in [0.3, 0.4) is 0 Å². The largest absolute Gasteiger partial charge is 0.349 e. The Morgan fingerprint density at radius 3 is 2.77 bits per heavy atom. The van der Waals surface area contributed by atoms with E-state index in [9.17, 15) is 4.79 Å².